The van der Waals surface area contributed by atoms with Crippen molar-refractivity contribution in [1.29, 1.82) is 0 Å². The van der Waals surface area contributed by atoms with E-state index in [-0.39, 0.29) is 17.7 Å². The number of carbonyl (C=O) groups excluding carboxylic acids is 1. The molecule has 0 aliphatic carbocycles. The van der Waals surface area contributed by atoms with Gasteiger partial charge in [-0.15, -0.1) is 0 Å². The van der Waals surface area contributed by atoms with Gasteiger partial charge in [0, 0.05) is 13.0 Å². The number of hydrogen-bond donors (Lipinski definition) is 0. The molecule has 0 N–H and O–H groups in total. The summed E-state index contributed by atoms with van der Waals surface area (Å²) < 4.78 is 21.9. The van der Waals surface area contributed by atoms with Crippen molar-refractivity contribution in [3.05, 3.63) is 29.3 Å². The third kappa shape index (κ3) is 6.33. The highest BCUT2D eigenvalue weighted by Crippen LogP contribution is 2.28. The van der Waals surface area contributed by atoms with E-state index in [9.17, 15) is 4.79 Å². The molecule has 1 fully saturated rings. The molecule has 1 unspecified atom stereocenters. The molecule has 1 aromatic carbocycles. The van der Waals surface area contributed by atoms with Gasteiger partial charge < -0.3 is 18.9 Å². The van der Waals surface area contributed by atoms with E-state index in [1.54, 1.807) is 6.07 Å². The Kier molecular flexibility index (Phi) is 7.26. The fourth-order valence-corrected chi connectivity index (χ4v) is 2.66. The normalized spacial score (nSPS) is 18.0. The van der Waals surface area contributed by atoms with Gasteiger partial charge in [-0.05, 0) is 48.4 Å². The molecule has 5 heteroatoms. The van der Waals surface area contributed by atoms with E-state index in [1.165, 1.54) is 7.11 Å². The van der Waals surface area contributed by atoms with Crippen molar-refractivity contribution in [3.8, 4) is 5.75 Å². The first-order valence-corrected chi connectivity index (χ1v) is 9.00. The van der Waals surface area contributed by atoms with E-state index in [1.807, 2.05) is 12.1 Å². The molecule has 1 aromatic rings. The van der Waals surface area contributed by atoms with Crippen LogP contribution in [0, 0.1) is 0 Å². The number of rotatable bonds is 7. The zero-order valence-corrected chi connectivity index (χ0v) is 15.8. The maximum Gasteiger partial charge on any atom is 0.337 e. The van der Waals surface area contributed by atoms with Crippen LogP contribution in [0.15, 0.2) is 18.2 Å². The van der Waals surface area contributed by atoms with Gasteiger partial charge in [0.05, 0.1) is 25.9 Å². The zero-order chi connectivity index (χ0) is 18.3. The van der Waals surface area contributed by atoms with Crippen LogP contribution in [-0.4, -0.2) is 39.2 Å². The molecule has 0 amide bonds. The van der Waals surface area contributed by atoms with Crippen molar-refractivity contribution < 1.29 is 23.7 Å². The minimum absolute atomic E-state index is 0.0658. The molecule has 0 aromatic heterocycles. The van der Waals surface area contributed by atoms with Gasteiger partial charge in [-0.1, -0.05) is 20.8 Å². The van der Waals surface area contributed by atoms with Crippen LogP contribution < -0.4 is 4.74 Å². The van der Waals surface area contributed by atoms with Crippen LogP contribution in [0.5, 0.6) is 5.75 Å². The third-order valence-electron chi connectivity index (χ3n) is 4.19. The first kappa shape index (κ1) is 19.7. The van der Waals surface area contributed by atoms with Crippen molar-refractivity contribution in [2.45, 2.75) is 58.2 Å². The summed E-state index contributed by atoms with van der Waals surface area (Å²) >= 11 is 0. The quantitative estimate of drug-likeness (QED) is 0.548. The fraction of sp³-hybridized carbons (Fsp3) is 0.650. The Morgan fingerprint density at radius 2 is 2.00 bits per heavy atom. The highest BCUT2D eigenvalue weighted by molar-refractivity contribution is 5.90. The van der Waals surface area contributed by atoms with E-state index in [0.29, 0.717) is 24.5 Å². The molecule has 0 radical (unpaired) electrons. The fourth-order valence-electron chi connectivity index (χ4n) is 2.66. The minimum atomic E-state index is -0.353. The molecule has 1 saturated heterocycles. The summed E-state index contributed by atoms with van der Waals surface area (Å²) in [5.74, 6) is 0.329. The van der Waals surface area contributed by atoms with Gasteiger partial charge in [0.15, 0.2) is 6.29 Å². The Balaban J connectivity index is 1.88. The predicted octanol–water partition coefficient (Wildman–Crippen LogP) is 4.08. The van der Waals surface area contributed by atoms with Gasteiger partial charge in [-0.3, -0.25) is 0 Å². The lowest BCUT2D eigenvalue weighted by atomic mass is 9.86. The average molecular weight is 350 g/mol. The third-order valence-corrected chi connectivity index (χ3v) is 4.19. The highest BCUT2D eigenvalue weighted by atomic mass is 16.7. The first-order valence-electron chi connectivity index (χ1n) is 9.00. The number of esters is 1. The van der Waals surface area contributed by atoms with Gasteiger partial charge >= 0.3 is 5.97 Å². The molecule has 1 aliphatic rings. The van der Waals surface area contributed by atoms with Gasteiger partial charge in [0.2, 0.25) is 0 Å². The van der Waals surface area contributed by atoms with E-state index in [0.717, 1.165) is 37.9 Å². The molecular weight excluding hydrogens is 320 g/mol. The lowest BCUT2D eigenvalue weighted by Gasteiger charge is -2.23. The molecule has 140 valence electrons. The second-order valence-electron chi connectivity index (χ2n) is 7.36. The number of hydrogen-bond acceptors (Lipinski definition) is 5. The van der Waals surface area contributed by atoms with Crippen LogP contribution >= 0.6 is 0 Å². The first-order chi connectivity index (χ1) is 11.9. The van der Waals surface area contributed by atoms with Gasteiger partial charge in [0.25, 0.3) is 0 Å². The van der Waals surface area contributed by atoms with Crippen LogP contribution in [0.25, 0.3) is 0 Å². The second kappa shape index (κ2) is 9.20. The van der Waals surface area contributed by atoms with E-state index in [4.69, 9.17) is 18.9 Å². The SMILES string of the molecule is COC(=O)c1cc(OCCCOC2CCCCO2)cc(C(C)(C)C)c1. The summed E-state index contributed by atoms with van der Waals surface area (Å²) in [5, 5.41) is 0. The summed E-state index contributed by atoms with van der Waals surface area (Å²) in [6.45, 7) is 8.23. The largest absolute Gasteiger partial charge is 0.493 e. The van der Waals surface area contributed by atoms with E-state index >= 15 is 0 Å². The molecule has 0 spiro atoms. The zero-order valence-electron chi connectivity index (χ0n) is 15.8. The summed E-state index contributed by atoms with van der Waals surface area (Å²) in [6.07, 6.45) is 3.96. The molecule has 1 atom stereocenters. The molecule has 1 heterocycles. The summed E-state index contributed by atoms with van der Waals surface area (Å²) in [5.41, 5.74) is 1.47. The maximum absolute atomic E-state index is 11.9. The summed E-state index contributed by atoms with van der Waals surface area (Å²) in [4.78, 5) is 11.9. The van der Waals surface area contributed by atoms with Gasteiger partial charge in [0.1, 0.15) is 5.75 Å². The lowest BCUT2D eigenvalue weighted by Crippen LogP contribution is -2.23. The van der Waals surface area contributed by atoms with Crippen molar-refractivity contribution in [1.82, 2.24) is 0 Å². The smallest absolute Gasteiger partial charge is 0.337 e. The van der Waals surface area contributed by atoms with Gasteiger partial charge in [-0.2, -0.15) is 0 Å². The number of benzene rings is 1. The monoisotopic (exact) mass is 350 g/mol. The van der Waals surface area contributed by atoms with Gasteiger partial charge in [-0.25, -0.2) is 4.79 Å². The van der Waals surface area contributed by atoms with Crippen molar-refractivity contribution in [2.24, 2.45) is 0 Å². The number of carbonyl (C=O) groups is 1. The second-order valence-corrected chi connectivity index (χ2v) is 7.36. The number of ether oxygens (including phenoxy) is 4. The predicted molar refractivity (Wildman–Crippen MR) is 96.1 cm³/mol. The summed E-state index contributed by atoms with van der Waals surface area (Å²) in [7, 11) is 1.39. The number of methoxy groups -OCH3 is 1. The van der Waals surface area contributed by atoms with E-state index < -0.39 is 0 Å². The van der Waals surface area contributed by atoms with Crippen LogP contribution in [0.2, 0.25) is 0 Å². The molecule has 0 bridgehead atoms. The topological polar surface area (TPSA) is 54.0 Å². The average Bonchev–Trinajstić information content (AvgIpc) is 2.60. The molecule has 5 nitrogen and oxygen atoms in total. The van der Waals surface area contributed by atoms with Crippen LogP contribution in [0.1, 0.15) is 62.4 Å². The Labute approximate surface area is 150 Å². The Morgan fingerprint density at radius 3 is 2.64 bits per heavy atom. The van der Waals surface area contributed by atoms with Crippen LogP contribution in [0.3, 0.4) is 0 Å². The molecular formula is C20H30O5. The Morgan fingerprint density at radius 1 is 1.20 bits per heavy atom. The molecule has 2 rings (SSSR count). The Hall–Kier alpha value is -1.59. The summed E-state index contributed by atoms with van der Waals surface area (Å²) in [6, 6.07) is 5.58. The van der Waals surface area contributed by atoms with Crippen molar-refractivity contribution >= 4 is 5.97 Å². The lowest BCUT2D eigenvalue weighted by molar-refractivity contribution is -0.163. The molecule has 1 aliphatic heterocycles. The maximum atomic E-state index is 11.9. The minimum Gasteiger partial charge on any atom is -0.493 e. The standard InChI is InChI=1S/C20H30O5/c1-20(2,3)16-12-15(19(21)22-4)13-17(14-16)23-10-7-11-25-18-8-5-6-9-24-18/h12-14,18H,5-11H2,1-4H3. The highest BCUT2D eigenvalue weighted by Gasteiger charge is 2.18. The van der Waals surface area contributed by atoms with E-state index in [2.05, 4.69) is 20.8 Å². The van der Waals surface area contributed by atoms with Crippen molar-refractivity contribution in [2.75, 3.05) is 26.9 Å². The molecule has 0 saturated carbocycles. The molecule has 25 heavy (non-hydrogen) atoms. The van der Waals surface area contributed by atoms with Crippen LogP contribution in [0.4, 0.5) is 0 Å². The van der Waals surface area contributed by atoms with Crippen molar-refractivity contribution in [3.63, 3.8) is 0 Å². The Bertz CT molecular complexity index is 556. The van der Waals surface area contributed by atoms with Crippen LogP contribution in [-0.2, 0) is 19.6 Å².